The first-order valence-corrected chi connectivity index (χ1v) is 8.20. The molecule has 0 aliphatic heterocycles. The maximum absolute atomic E-state index is 11.8. The molecule has 0 atom stereocenters. The molecule has 0 spiro atoms. The molecule has 0 saturated carbocycles. The number of hydrogen-bond donors (Lipinski definition) is 2. The minimum absolute atomic E-state index is 0.0917. The van der Waals surface area contributed by atoms with E-state index in [1.54, 1.807) is 11.8 Å². The molecular formula is C16H23NO3S. The van der Waals surface area contributed by atoms with Gasteiger partial charge in [-0.3, -0.25) is 9.59 Å². The highest BCUT2D eigenvalue weighted by Crippen LogP contribution is 2.25. The van der Waals surface area contributed by atoms with Crippen LogP contribution < -0.4 is 5.32 Å². The van der Waals surface area contributed by atoms with E-state index in [2.05, 4.69) is 5.32 Å². The summed E-state index contributed by atoms with van der Waals surface area (Å²) in [7, 11) is 0. The molecule has 5 heteroatoms. The fourth-order valence-electron chi connectivity index (χ4n) is 2.01. The van der Waals surface area contributed by atoms with Gasteiger partial charge in [-0.2, -0.15) is 0 Å². The minimum Gasteiger partial charge on any atom is -0.481 e. The van der Waals surface area contributed by atoms with Crippen molar-refractivity contribution in [2.24, 2.45) is 5.41 Å². The van der Waals surface area contributed by atoms with Gasteiger partial charge in [-0.05, 0) is 25.0 Å². The van der Waals surface area contributed by atoms with Gasteiger partial charge in [0.25, 0.3) is 0 Å². The van der Waals surface area contributed by atoms with Gasteiger partial charge in [0.2, 0.25) is 5.91 Å². The van der Waals surface area contributed by atoms with E-state index in [1.165, 1.54) is 0 Å². The minimum atomic E-state index is -0.845. The summed E-state index contributed by atoms with van der Waals surface area (Å²) in [5.74, 6) is -0.244. The van der Waals surface area contributed by atoms with Crippen molar-refractivity contribution >= 4 is 23.6 Å². The molecule has 0 aliphatic rings. The molecular weight excluding hydrogens is 286 g/mol. The molecule has 0 unspecified atom stereocenters. The molecule has 116 valence electrons. The van der Waals surface area contributed by atoms with E-state index < -0.39 is 11.4 Å². The van der Waals surface area contributed by atoms with Crippen LogP contribution in [-0.4, -0.2) is 29.3 Å². The number of benzene rings is 1. The maximum atomic E-state index is 11.8. The lowest BCUT2D eigenvalue weighted by Gasteiger charge is -2.26. The Morgan fingerprint density at radius 2 is 1.81 bits per heavy atom. The van der Waals surface area contributed by atoms with Crippen molar-refractivity contribution in [2.75, 3.05) is 12.3 Å². The standard InChI is InChI=1S/C16H23NO3S/c1-3-16(4-2,15(19)20)12-17-14(18)10-11-21-13-8-6-5-7-9-13/h5-9H,3-4,10-12H2,1-2H3,(H,17,18)(H,19,20). The van der Waals surface area contributed by atoms with E-state index in [0.29, 0.717) is 25.0 Å². The van der Waals surface area contributed by atoms with Crippen LogP contribution in [0.25, 0.3) is 0 Å². The van der Waals surface area contributed by atoms with Crippen LogP contribution in [0.1, 0.15) is 33.1 Å². The molecule has 21 heavy (non-hydrogen) atoms. The molecule has 4 nitrogen and oxygen atoms in total. The molecule has 1 rings (SSSR count). The summed E-state index contributed by atoms with van der Waals surface area (Å²) >= 11 is 1.62. The molecule has 1 amide bonds. The quantitative estimate of drug-likeness (QED) is 0.688. The van der Waals surface area contributed by atoms with Crippen LogP contribution in [0, 0.1) is 5.41 Å². The zero-order chi connectivity index (χ0) is 15.7. The number of hydrogen-bond acceptors (Lipinski definition) is 3. The van der Waals surface area contributed by atoms with E-state index in [1.807, 2.05) is 44.2 Å². The van der Waals surface area contributed by atoms with Crippen LogP contribution >= 0.6 is 11.8 Å². The Labute approximate surface area is 130 Å². The monoisotopic (exact) mass is 309 g/mol. The van der Waals surface area contributed by atoms with Crippen molar-refractivity contribution in [3.8, 4) is 0 Å². The van der Waals surface area contributed by atoms with Gasteiger partial charge in [0.1, 0.15) is 0 Å². The topological polar surface area (TPSA) is 66.4 Å². The van der Waals surface area contributed by atoms with Gasteiger partial charge in [0.05, 0.1) is 5.41 Å². The van der Waals surface area contributed by atoms with E-state index in [4.69, 9.17) is 0 Å². The number of carbonyl (C=O) groups is 2. The predicted molar refractivity (Wildman–Crippen MR) is 85.4 cm³/mol. The van der Waals surface area contributed by atoms with Crippen LogP contribution in [0.4, 0.5) is 0 Å². The Morgan fingerprint density at radius 1 is 1.19 bits per heavy atom. The molecule has 1 aromatic carbocycles. The smallest absolute Gasteiger partial charge is 0.311 e. The number of amides is 1. The SMILES string of the molecule is CCC(CC)(CNC(=O)CCSc1ccccc1)C(=O)O. The molecule has 0 fully saturated rings. The summed E-state index contributed by atoms with van der Waals surface area (Å²) < 4.78 is 0. The van der Waals surface area contributed by atoms with Crippen molar-refractivity contribution in [1.82, 2.24) is 5.32 Å². The predicted octanol–water partition coefficient (Wildman–Crippen LogP) is 3.18. The third-order valence-electron chi connectivity index (χ3n) is 3.77. The number of carboxylic acids is 1. The molecule has 0 aliphatic carbocycles. The Kier molecular flexibility index (Phi) is 7.29. The molecule has 0 bridgehead atoms. The maximum Gasteiger partial charge on any atom is 0.311 e. The third kappa shape index (κ3) is 5.42. The van der Waals surface area contributed by atoms with Gasteiger partial charge < -0.3 is 10.4 Å². The first-order valence-electron chi connectivity index (χ1n) is 7.22. The van der Waals surface area contributed by atoms with Crippen molar-refractivity contribution in [3.63, 3.8) is 0 Å². The normalized spacial score (nSPS) is 11.1. The van der Waals surface area contributed by atoms with Crippen molar-refractivity contribution in [2.45, 2.75) is 38.0 Å². The Balaban J connectivity index is 2.35. The highest BCUT2D eigenvalue weighted by molar-refractivity contribution is 7.99. The number of aliphatic carboxylic acids is 1. The average molecular weight is 309 g/mol. The van der Waals surface area contributed by atoms with E-state index in [9.17, 15) is 14.7 Å². The van der Waals surface area contributed by atoms with Crippen LogP contribution in [0.2, 0.25) is 0 Å². The fourth-order valence-corrected chi connectivity index (χ4v) is 2.89. The van der Waals surface area contributed by atoms with E-state index >= 15 is 0 Å². The van der Waals surface area contributed by atoms with Gasteiger partial charge in [-0.15, -0.1) is 11.8 Å². The molecule has 1 aromatic rings. The second kappa shape index (κ2) is 8.72. The number of carboxylic acid groups (broad SMARTS) is 1. The number of carbonyl (C=O) groups excluding carboxylic acids is 1. The first-order chi connectivity index (χ1) is 10.0. The lowest BCUT2D eigenvalue weighted by molar-refractivity contribution is -0.149. The second-order valence-corrected chi connectivity index (χ2v) is 6.15. The van der Waals surface area contributed by atoms with Crippen LogP contribution in [-0.2, 0) is 9.59 Å². The zero-order valence-corrected chi connectivity index (χ0v) is 13.4. The number of rotatable bonds is 9. The molecule has 0 radical (unpaired) electrons. The van der Waals surface area contributed by atoms with Gasteiger partial charge in [0.15, 0.2) is 0 Å². The average Bonchev–Trinajstić information content (AvgIpc) is 2.49. The summed E-state index contributed by atoms with van der Waals surface area (Å²) in [6.07, 6.45) is 1.42. The molecule has 0 aromatic heterocycles. The Bertz CT molecular complexity index is 458. The highest BCUT2D eigenvalue weighted by Gasteiger charge is 2.34. The Morgan fingerprint density at radius 3 is 2.33 bits per heavy atom. The van der Waals surface area contributed by atoms with Gasteiger partial charge in [-0.1, -0.05) is 32.0 Å². The van der Waals surface area contributed by atoms with Crippen molar-refractivity contribution in [3.05, 3.63) is 30.3 Å². The lowest BCUT2D eigenvalue weighted by Crippen LogP contribution is -2.42. The summed E-state index contributed by atoms with van der Waals surface area (Å²) in [5.41, 5.74) is -0.845. The number of nitrogens with one attached hydrogen (secondary N) is 1. The summed E-state index contributed by atoms with van der Waals surface area (Å²) in [4.78, 5) is 24.3. The van der Waals surface area contributed by atoms with Crippen molar-refractivity contribution < 1.29 is 14.7 Å². The van der Waals surface area contributed by atoms with E-state index in [0.717, 1.165) is 4.90 Å². The molecule has 2 N–H and O–H groups in total. The van der Waals surface area contributed by atoms with Crippen LogP contribution in [0.3, 0.4) is 0 Å². The summed E-state index contributed by atoms with van der Waals surface area (Å²) in [6.45, 7) is 3.88. The van der Waals surface area contributed by atoms with E-state index in [-0.39, 0.29) is 12.5 Å². The van der Waals surface area contributed by atoms with Gasteiger partial charge in [-0.25, -0.2) is 0 Å². The van der Waals surface area contributed by atoms with Gasteiger partial charge >= 0.3 is 5.97 Å². The highest BCUT2D eigenvalue weighted by atomic mass is 32.2. The second-order valence-electron chi connectivity index (χ2n) is 4.98. The summed E-state index contributed by atoms with van der Waals surface area (Å²) in [5, 5.41) is 12.1. The number of thioether (sulfide) groups is 1. The van der Waals surface area contributed by atoms with Crippen molar-refractivity contribution in [1.29, 1.82) is 0 Å². The largest absolute Gasteiger partial charge is 0.481 e. The van der Waals surface area contributed by atoms with Crippen LogP contribution in [0.5, 0.6) is 0 Å². The lowest BCUT2D eigenvalue weighted by atomic mass is 9.82. The summed E-state index contributed by atoms with van der Waals surface area (Å²) in [6, 6.07) is 9.90. The zero-order valence-electron chi connectivity index (χ0n) is 12.6. The first kappa shape index (κ1) is 17.6. The fraction of sp³-hybridized carbons (Fsp3) is 0.500. The third-order valence-corrected chi connectivity index (χ3v) is 4.79. The van der Waals surface area contributed by atoms with Gasteiger partial charge in [0, 0.05) is 23.6 Å². The molecule has 0 heterocycles. The Hall–Kier alpha value is -1.49. The van der Waals surface area contributed by atoms with Crippen LogP contribution in [0.15, 0.2) is 35.2 Å². The molecule has 0 saturated heterocycles.